The average molecular weight is 456 g/mol. The maximum Gasteiger partial charge on any atom is 0.219 e. The summed E-state index contributed by atoms with van der Waals surface area (Å²) in [6.45, 7) is 14.6. The first-order valence-electron chi connectivity index (χ1n) is 13.4. The van der Waals surface area contributed by atoms with Crippen molar-refractivity contribution in [3.8, 4) is 0 Å². The standard InChI is InChI=1S/C27H45N5O/c1-2-30-14-16-31(17-15-30)13-7-12-28-27(33)11-6-10-26-25-18-24(19-29-26)21-32(22-25)20-23-8-4-3-5-9-23/h3-5,8-9,24-26,29H,2,6-7,10-22H2,1H3,(H,28,33). The Hall–Kier alpha value is -1.47. The van der Waals surface area contributed by atoms with Crippen LogP contribution in [0, 0.1) is 11.8 Å². The minimum atomic E-state index is 0.230. The molecule has 3 unspecified atom stereocenters. The summed E-state index contributed by atoms with van der Waals surface area (Å²) < 4.78 is 0. The molecule has 3 heterocycles. The summed E-state index contributed by atoms with van der Waals surface area (Å²) in [4.78, 5) is 20.0. The molecule has 2 N–H and O–H groups in total. The van der Waals surface area contributed by atoms with Crippen LogP contribution >= 0.6 is 0 Å². The Kier molecular flexibility index (Phi) is 9.59. The van der Waals surface area contributed by atoms with E-state index in [0.29, 0.717) is 12.5 Å². The molecule has 3 aliphatic rings. The van der Waals surface area contributed by atoms with Crippen LogP contribution in [0.4, 0.5) is 0 Å². The van der Waals surface area contributed by atoms with Crippen molar-refractivity contribution in [2.75, 3.05) is 65.4 Å². The Morgan fingerprint density at radius 1 is 1.03 bits per heavy atom. The highest BCUT2D eigenvalue weighted by molar-refractivity contribution is 5.75. The fourth-order valence-corrected chi connectivity index (χ4v) is 6.01. The number of piperazine rings is 1. The van der Waals surface area contributed by atoms with Crippen LogP contribution in [0.1, 0.15) is 44.6 Å². The number of benzene rings is 1. The molecule has 3 saturated heterocycles. The van der Waals surface area contributed by atoms with E-state index in [9.17, 15) is 4.79 Å². The summed E-state index contributed by atoms with van der Waals surface area (Å²) in [6, 6.07) is 11.4. The van der Waals surface area contributed by atoms with Gasteiger partial charge in [0, 0.05) is 64.8 Å². The van der Waals surface area contributed by atoms with Crippen LogP contribution in [0.5, 0.6) is 0 Å². The fourth-order valence-electron chi connectivity index (χ4n) is 6.01. The van der Waals surface area contributed by atoms with Crippen LogP contribution in [0.2, 0.25) is 0 Å². The molecule has 1 amide bonds. The molecule has 3 aliphatic heterocycles. The predicted octanol–water partition coefficient (Wildman–Crippen LogP) is 2.41. The molecular weight excluding hydrogens is 410 g/mol. The Balaban J connectivity index is 1.08. The van der Waals surface area contributed by atoms with Gasteiger partial charge in [0.1, 0.15) is 0 Å². The molecule has 0 spiro atoms. The van der Waals surface area contributed by atoms with E-state index in [1.807, 2.05) is 0 Å². The van der Waals surface area contributed by atoms with Gasteiger partial charge in [0.05, 0.1) is 0 Å². The molecule has 0 aliphatic carbocycles. The van der Waals surface area contributed by atoms with Gasteiger partial charge in [-0.25, -0.2) is 0 Å². The van der Waals surface area contributed by atoms with E-state index in [-0.39, 0.29) is 5.91 Å². The first-order chi connectivity index (χ1) is 16.2. The van der Waals surface area contributed by atoms with Crippen molar-refractivity contribution in [3.63, 3.8) is 0 Å². The van der Waals surface area contributed by atoms with E-state index in [2.05, 4.69) is 62.6 Å². The molecular formula is C27H45N5O. The maximum absolute atomic E-state index is 12.3. The van der Waals surface area contributed by atoms with Gasteiger partial charge in [-0.15, -0.1) is 0 Å². The second-order valence-corrected chi connectivity index (χ2v) is 10.4. The lowest BCUT2D eigenvalue weighted by Gasteiger charge is -2.46. The van der Waals surface area contributed by atoms with Gasteiger partial charge in [0.15, 0.2) is 0 Å². The van der Waals surface area contributed by atoms with Gasteiger partial charge in [-0.3, -0.25) is 9.69 Å². The third kappa shape index (κ3) is 7.78. The van der Waals surface area contributed by atoms with Gasteiger partial charge in [0.2, 0.25) is 5.91 Å². The molecule has 6 nitrogen and oxygen atoms in total. The number of piperidine rings is 2. The number of likely N-dealkylation sites (tertiary alicyclic amines) is 1. The molecule has 1 aromatic carbocycles. The molecule has 2 bridgehead atoms. The molecule has 184 valence electrons. The lowest BCUT2D eigenvalue weighted by molar-refractivity contribution is -0.121. The number of nitrogens with zero attached hydrogens (tertiary/aromatic N) is 3. The third-order valence-corrected chi connectivity index (χ3v) is 7.94. The quantitative estimate of drug-likeness (QED) is 0.502. The number of carbonyl (C=O) groups is 1. The number of likely N-dealkylation sites (N-methyl/N-ethyl adjacent to an activating group) is 1. The summed E-state index contributed by atoms with van der Waals surface area (Å²) in [7, 11) is 0. The molecule has 0 saturated carbocycles. The summed E-state index contributed by atoms with van der Waals surface area (Å²) in [5.41, 5.74) is 1.42. The smallest absolute Gasteiger partial charge is 0.219 e. The molecule has 4 rings (SSSR count). The van der Waals surface area contributed by atoms with Gasteiger partial charge in [0.25, 0.3) is 0 Å². The summed E-state index contributed by atoms with van der Waals surface area (Å²) >= 11 is 0. The van der Waals surface area contributed by atoms with E-state index in [0.717, 1.165) is 63.8 Å². The summed E-state index contributed by atoms with van der Waals surface area (Å²) in [5.74, 6) is 1.73. The van der Waals surface area contributed by atoms with Crippen molar-refractivity contribution in [3.05, 3.63) is 35.9 Å². The molecule has 0 aromatic heterocycles. The van der Waals surface area contributed by atoms with Crippen LogP contribution in [0.25, 0.3) is 0 Å². The van der Waals surface area contributed by atoms with E-state index >= 15 is 0 Å². The van der Waals surface area contributed by atoms with Crippen molar-refractivity contribution < 1.29 is 4.79 Å². The van der Waals surface area contributed by atoms with Crippen molar-refractivity contribution >= 4 is 5.91 Å². The normalized spacial score (nSPS) is 26.9. The fraction of sp³-hybridized carbons (Fsp3) is 0.741. The van der Waals surface area contributed by atoms with Crippen molar-refractivity contribution in [2.45, 2.75) is 51.6 Å². The van der Waals surface area contributed by atoms with E-state index < -0.39 is 0 Å². The Bertz CT molecular complexity index is 706. The van der Waals surface area contributed by atoms with Crippen LogP contribution in [-0.4, -0.2) is 92.1 Å². The largest absolute Gasteiger partial charge is 0.356 e. The number of nitrogens with one attached hydrogen (secondary N) is 2. The highest BCUT2D eigenvalue weighted by Gasteiger charge is 2.36. The molecule has 3 atom stereocenters. The molecule has 3 fully saturated rings. The first kappa shape index (κ1) is 24.6. The highest BCUT2D eigenvalue weighted by Crippen LogP contribution is 2.31. The van der Waals surface area contributed by atoms with Crippen molar-refractivity contribution in [1.82, 2.24) is 25.3 Å². The monoisotopic (exact) mass is 455 g/mol. The number of hydrogen-bond donors (Lipinski definition) is 2. The van der Waals surface area contributed by atoms with Crippen LogP contribution in [0.3, 0.4) is 0 Å². The van der Waals surface area contributed by atoms with Crippen LogP contribution in [0.15, 0.2) is 30.3 Å². The maximum atomic E-state index is 12.3. The number of hydrogen-bond acceptors (Lipinski definition) is 5. The van der Waals surface area contributed by atoms with E-state index in [1.165, 1.54) is 51.3 Å². The minimum absolute atomic E-state index is 0.230. The SMILES string of the molecule is CCN1CCN(CCCNC(=O)CCCC2NCC3CC2CN(Cc2ccccc2)C3)CC1. The van der Waals surface area contributed by atoms with Gasteiger partial charge < -0.3 is 20.4 Å². The van der Waals surface area contributed by atoms with Gasteiger partial charge in [-0.05, 0) is 62.7 Å². The molecule has 33 heavy (non-hydrogen) atoms. The van der Waals surface area contributed by atoms with Crippen molar-refractivity contribution in [2.24, 2.45) is 11.8 Å². The van der Waals surface area contributed by atoms with Crippen molar-refractivity contribution in [1.29, 1.82) is 0 Å². The number of fused-ring (bicyclic) bond motifs is 2. The number of carbonyl (C=O) groups excluding carboxylic acids is 1. The lowest BCUT2D eigenvalue weighted by Crippen LogP contribution is -2.55. The zero-order valence-corrected chi connectivity index (χ0v) is 20.7. The van der Waals surface area contributed by atoms with Gasteiger partial charge in [-0.1, -0.05) is 37.3 Å². The predicted molar refractivity (Wildman–Crippen MR) is 135 cm³/mol. The Morgan fingerprint density at radius 3 is 2.61 bits per heavy atom. The second kappa shape index (κ2) is 12.8. The first-order valence-corrected chi connectivity index (χ1v) is 13.4. The zero-order chi connectivity index (χ0) is 22.9. The minimum Gasteiger partial charge on any atom is -0.356 e. The van der Waals surface area contributed by atoms with Crippen LogP contribution < -0.4 is 10.6 Å². The number of rotatable bonds is 11. The summed E-state index contributed by atoms with van der Waals surface area (Å²) in [5, 5.41) is 6.96. The van der Waals surface area contributed by atoms with Gasteiger partial charge >= 0.3 is 0 Å². The summed E-state index contributed by atoms with van der Waals surface area (Å²) in [6.07, 6.45) is 5.18. The Labute approximate surface area is 201 Å². The molecule has 0 radical (unpaired) electrons. The topological polar surface area (TPSA) is 50.9 Å². The second-order valence-electron chi connectivity index (χ2n) is 10.4. The van der Waals surface area contributed by atoms with E-state index in [4.69, 9.17) is 0 Å². The van der Waals surface area contributed by atoms with Crippen LogP contribution in [-0.2, 0) is 11.3 Å². The lowest BCUT2D eigenvalue weighted by atomic mass is 9.79. The average Bonchev–Trinajstić information content (AvgIpc) is 2.84. The molecule has 6 heteroatoms. The third-order valence-electron chi connectivity index (χ3n) is 7.94. The zero-order valence-electron chi connectivity index (χ0n) is 20.7. The number of amides is 1. The Morgan fingerprint density at radius 2 is 1.82 bits per heavy atom. The highest BCUT2D eigenvalue weighted by atomic mass is 16.1. The molecule has 1 aromatic rings. The van der Waals surface area contributed by atoms with E-state index in [1.54, 1.807) is 0 Å². The van der Waals surface area contributed by atoms with Gasteiger partial charge in [-0.2, -0.15) is 0 Å².